The first-order valence-corrected chi connectivity index (χ1v) is 10.0. The number of carboxylic acid groups (broad SMARTS) is 1. The first-order valence-electron chi connectivity index (χ1n) is 10.0. The minimum Gasteiger partial charge on any atom is -0.481 e. The van der Waals surface area contributed by atoms with Crippen LogP contribution in [0.2, 0.25) is 0 Å². The van der Waals surface area contributed by atoms with Crippen LogP contribution in [0.5, 0.6) is 0 Å². The highest BCUT2D eigenvalue weighted by molar-refractivity contribution is 5.96. The smallest absolute Gasteiger partial charge is 0.321 e. The highest BCUT2D eigenvalue weighted by atomic mass is 16.4. The van der Waals surface area contributed by atoms with Crippen molar-refractivity contribution in [2.24, 2.45) is 11.8 Å². The van der Waals surface area contributed by atoms with Crippen molar-refractivity contribution in [3.8, 4) is 0 Å². The summed E-state index contributed by atoms with van der Waals surface area (Å²) in [5.74, 6) is -1.33. The molecule has 0 aromatic heterocycles. The second kappa shape index (κ2) is 8.63. The van der Waals surface area contributed by atoms with Gasteiger partial charge >= 0.3 is 12.0 Å². The van der Waals surface area contributed by atoms with Gasteiger partial charge in [-0.05, 0) is 55.9 Å². The molecule has 1 saturated carbocycles. The van der Waals surface area contributed by atoms with Crippen LogP contribution in [0, 0.1) is 18.8 Å². The summed E-state index contributed by atoms with van der Waals surface area (Å²) in [6, 6.07) is 5.18. The molecule has 152 valence electrons. The molecule has 1 heterocycles. The highest BCUT2D eigenvalue weighted by Crippen LogP contribution is 2.24. The molecule has 28 heavy (non-hydrogen) atoms. The fourth-order valence-electron chi connectivity index (χ4n) is 4.17. The average Bonchev–Trinajstić information content (AvgIpc) is 3.15. The van der Waals surface area contributed by atoms with Crippen molar-refractivity contribution in [3.63, 3.8) is 0 Å². The summed E-state index contributed by atoms with van der Waals surface area (Å²) in [6.07, 6.45) is 4.97. The number of piperidine rings is 1. The summed E-state index contributed by atoms with van der Waals surface area (Å²) >= 11 is 0. The Balaban J connectivity index is 1.63. The normalized spacial score (nSPS) is 22.7. The van der Waals surface area contributed by atoms with Gasteiger partial charge in [0.15, 0.2) is 0 Å². The van der Waals surface area contributed by atoms with Gasteiger partial charge in [-0.1, -0.05) is 19.8 Å². The van der Waals surface area contributed by atoms with E-state index in [1.165, 1.54) is 0 Å². The molecule has 7 heteroatoms. The van der Waals surface area contributed by atoms with Gasteiger partial charge in [-0.25, -0.2) is 4.79 Å². The van der Waals surface area contributed by atoms with Gasteiger partial charge in [0.25, 0.3) is 5.91 Å². The Bertz CT molecular complexity index is 758. The van der Waals surface area contributed by atoms with E-state index >= 15 is 0 Å². The van der Waals surface area contributed by atoms with Crippen LogP contribution in [0.1, 0.15) is 54.9 Å². The van der Waals surface area contributed by atoms with Gasteiger partial charge in [0, 0.05) is 30.4 Å². The number of benzene rings is 1. The van der Waals surface area contributed by atoms with Crippen LogP contribution in [0.25, 0.3) is 0 Å². The number of aryl methyl sites for hydroxylation is 1. The first kappa shape index (κ1) is 20.2. The van der Waals surface area contributed by atoms with E-state index < -0.39 is 11.9 Å². The van der Waals surface area contributed by atoms with Crippen LogP contribution in [-0.4, -0.2) is 47.0 Å². The molecule has 2 atom stereocenters. The quantitative estimate of drug-likeness (QED) is 0.738. The zero-order valence-corrected chi connectivity index (χ0v) is 16.5. The molecular formula is C21H29N3O4. The SMILES string of the molecule is Cc1cc(C(=O)NC2CCCC2)ccc1NC(=O)N1CC(C)CC(C(=O)O)C1. The Hall–Kier alpha value is -2.57. The van der Waals surface area contributed by atoms with Crippen molar-refractivity contribution in [2.45, 2.75) is 52.0 Å². The molecule has 0 radical (unpaired) electrons. The number of urea groups is 1. The summed E-state index contributed by atoms with van der Waals surface area (Å²) in [5, 5.41) is 15.2. The van der Waals surface area contributed by atoms with Gasteiger partial charge < -0.3 is 20.6 Å². The molecule has 1 aromatic carbocycles. The monoisotopic (exact) mass is 387 g/mol. The van der Waals surface area contributed by atoms with Gasteiger partial charge in [0.05, 0.1) is 5.92 Å². The van der Waals surface area contributed by atoms with Crippen molar-refractivity contribution < 1.29 is 19.5 Å². The summed E-state index contributed by atoms with van der Waals surface area (Å²) < 4.78 is 0. The highest BCUT2D eigenvalue weighted by Gasteiger charge is 2.32. The van der Waals surface area contributed by atoms with E-state index in [9.17, 15) is 19.5 Å². The van der Waals surface area contributed by atoms with Crippen molar-refractivity contribution in [2.75, 3.05) is 18.4 Å². The fourth-order valence-corrected chi connectivity index (χ4v) is 4.17. The number of nitrogens with zero attached hydrogens (tertiary/aromatic N) is 1. The van der Waals surface area contributed by atoms with Crippen LogP contribution in [0.3, 0.4) is 0 Å². The number of rotatable bonds is 4. The number of carbonyl (C=O) groups is 3. The maximum absolute atomic E-state index is 12.6. The van der Waals surface area contributed by atoms with Crippen LogP contribution in [-0.2, 0) is 4.79 Å². The van der Waals surface area contributed by atoms with Crippen LogP contribution < -0.4 is 10.6 Å². The molecule has 2 unspecified atom stereocenters. The van der Waals surface area contributed by atoms with Crippen molar-refractivity contribution >= 4 is 23.6 Å². The van der Waals surface area contributed by atoms with Crippen LogP contribution >= 0.6 is 0 Å². The second-order valence-electron chi connectivity index (χ2n) is 8.20. The molecule has 2 fully saturated rings. The number of carboxylic acids is 1. The van der Waals surface area contributed by atoms with Gasteiger partial charge in [0.2, 0.25) is 0 Å². The van der Waals surface area contributed by atoms with E-state index in [1.54, 1.807) is 23.1 Å². The maximum atomic E-state index is 12.6. The average molecular weight is 387 g/mol. The molecule has 0 spiro atoms. The number of likely N-dealkylation sites (tertiary alicyclic amines) is 1. The van der Waals surface area contributed by atoms with Crippen LogP contribution in [0.4, 0.5) is 10.5 Å². The summed E-state index contributed by atoms with van der Waals surface area (Å²) in [7, 11) is 0. The molecule has 1 aliphatic heterocycles. The number of carbonyl (C=O) groups excluding carboxylic acids is 2. The Morgan fingerprint density at radius 3 is 2.50 bits per heavy atom. The summed E-state index contributed by atoms with van der Waals surface area (Å²) in [4.78, 5) is 37.9. The number of amides is 3. The Kier molecular flexibility index (Phi) is 6.21. The number of anilines is 1. The standard InChI is InChI=1S/C21H29N3O4/c1-13-9-16(20(26)27)12-24(11-13)21(28)23-18-8-7-15(10-14(18)2)19(25)22-17-5-3-4-6-17/h7-8,10,13,16-17H,3-6,9,11-12H2,1-2H3,(H,22,25)(H,23,28)(H,26,27). The predicted molar refractivity (Wildman–Crippen MR) is 106 cm³/mol. The number of aliphatic carboxylic acids is 1. The second-order valence-corrected chi connectivity index (χ2v) is 8.20. The van der Waals surface area contributed by atoms with Gasteiger partial charge in [-0.15, -0.1) is 0 Å². The van der Waals surface area contributed by atoms with E-state index in [2.05, 4.69) is 10.6 Å². The largest absolute Gasteiger partial charge is 0.481 e. The number of hydrogen-bond donors (Lipinski definition) is 3. The lowest BCUT2D eigenvalue weighted by Crippen LogP contribution is -2.47. The lowest BCUT2D eigenvalue weighted by molar-refractivity contribution is -0.143. The van der Waals surface area contributed by atoms with Crippen LogP contribution in [0.15, 0.2) is 18.2 Å². The minimum absolute atomic E-state index is 0.0815. The molecule has 3 amide bonds. The van der Waals surface area contributed by atoms with Crippen molar-refractivity contribution in [3.05, 3.63) is 29.3 Å². The summed E-state index contributed by atoms with van der Waals surface area (Å²) in [5.41, 5.74) is 2.01. The van der Waals surface area contributed by atoms with Crippen molar-refractivity contribution in [1.29, 1.82) is 0 Å². The first-order chi connectivity index (χ1) is 13.3. The van der Waals surface area contributed by atoms with Gasteiger partial charge in [-0.2, -0.15) is 0 Å². The predicted octanol–water partition coefficient (Wildman–Crippen LogP) is 3.24. The molecular weight excluding hydrogens is 358 g/mol. The molecule has 3 rings (SSSR count). The third kappa shape index (κ3) is 4.82. The molecule has 1 aliphatic carbocycles. The third-order valence-corrected chi connectivity index (χ3v) is 5.72. The zero-order valence-electron chi connectivity index (χ0n) is 16.5. The Labute approximate surface area is 165 Å². The lowest BCUT2D eigenvalue weighted by atomic mass is 9.91. The topological polar surface area (TPSA) is 98.7 Å². The fraction of sp³-hybridized carbons (Fsp3) is 0.571. The zero-order chi connectivity index (χ0) is 20.3. The van der Waals surface area contributed by atoms with Crippen molar-refractivity contribution in [1.82, 2.24) is 10.2 Å². The summed E-state index contributed by atoms with van der Waals surface area (Å²) in [6.45, 7) is 4.56. The van der Waals surface area contributed by atoms with E-state index in [0.717, 1.165) is 31.2 Å². The molecule has 7 nitrogen and oxygen atoms in total. The third-order valence-electron chi connectivity index (χ3n) is 5.72. The lowest BCUT2D eigenvalue weighted by Gasteiger charge is -2.34. The maximum Gasteiger partial charge on any atom is 0.321 e. The number of nitrogens with one attached hydrogen (secondary N) is 2. The molecule has 1 saturated heterocycles. The Morgan fingerprint density at radius 2 is 1.86 bits per heavy atom. The molecule has 0 bridgehead atoms. The Morgan fingerprint density at radius 1 is 1.14 bits per heavy atom. The van der Waals surface area contributed by atoms with E-state index in [0.29, 0.717) is 24.2 Å². The van der Waals surface area contributed by atoms with E-state index in [4.69, 9.17) is 0 Å². The van der Waals surface area contributed by atoms with E-state index in [-0.39, 0.29) is 30.4 Å². The molecule has 3 N–H and O–H groups in total. The van der Waals surface area contributed by atoms with Gasteiger partial charge in [0.1, 0.15) is 0 Å². The molecule has 2 aliphatic rings. The van der Waals surface area contributed by atoms with Gasteiger partial charge in [-0.3, -0.25) is 9.59 Å². The van der Waals surface area contributed by atoms with E-state index in [1.807, 2.05) is 13.8 Å². The number of hydrogen-bond acceptors (Lipinski definition) is 3. The minimum atomic E-state index is -0.863. The molecule has 1 aromatic rings.